The van der Waals surface area contributed by atoms with Crippen molar-refractivity contribution in [2.24, 2.45) is 0 Å². The molecule has 9 rings (SSSR count). The molecule has 0 bridgehead atoms. The van der Waals surface area contributed by atoms with Crippen molar-refractivity contribution in [2.45, 2.75) is 45.4 Å². The molecule has 51 heavy (non-hydrogen) atoms. The summed E-state index contributed by atoms with van der Waals surface area (Å²) < 4.78 is 6.49. The van der Waals surface area contributed by atoms with Crippen LogP contribution in [0.4, 0.5) is 17.1 Å². The van der Waals surface area contributed by atoms with Crippen LogP contribution < -0.4 is 4.90 Å². The zero-order valence-electron chi connectivity index (χ0n) is 29.9. The van der Waals surface area contributed by atoms with Gasteiger partial charge in [-0.1, -0.05) is 132 Å². The molecule has 0 radical (unpaired) electrons. The van der Waals surface area contributed by atoms with Crippen molar-refractivity contribution in [2.75, 3.05) is 4.90 Å². The highest BCUT2D eigenvalue weighted by atomic mass is 16.3. The monoisotopic (exact) mass is 659 g/mol. The van der Waals surface area contributed by atoms with Crippen LogP contribution in [0.25, 0.3) is 55.3 Å². The fourth-order valence-electron chi connectivity index (χ4n) is 7.91. The van der Waals surface area contributed by atoms with Crippen LogP contribution >= 0.6 is 0 Å². The van der Waals surface area contributed by atoms with Gasteiger partial charge in [-0.3, -0.25) is 0 Å². The Labute approximate surface area is 300 Å². The van der Waals surface area contributed by atoms with Crippen molar-refractivity contribution >= 4 is 39.0 Å². The number of hydrogen-bond donors (Lipinski definition) is 0. The summed E-state index contributed by atoms with van der Waals surface area (Å²) in [6.45, 7) is 11.5. The van der Waals surface area contributed by atoms with E-state index in [1.165, 1.54) is 60.8 Å². The molecule has 2 nitrogen and oxygen atoms in total. The third-order valence-electron chi connectivity index (χ3n) is 10.8. The molecule has 0 N–H and O–H groups in total. The predicted molar refractivity (Wildman–Crippen MR) is 216 cm³/mol. The van der Waals surface area contributed by atoms with Gasteiger partial charge < -0.3 is 9.32 Å². The number of anilines is 3. The Bertz CT molecular complexity index is 2470. The molecule has 248 valence electrons. The molecular formula is C49H41NO. The minimum atomic E-state index is -0.204. The molecule has 2 heteroatoms. The topological polar surface area (TPSA) is 16.4 Å². The number of rotatable bonds is 5. The molecule has 1 aliphatic carbocycles. The number of benzene rings is 7. The van der Waals surface area contributed by atoms with Gasteiger partial charge in [0.1, 0.15) is 11.2 Å². The lowest BCUT2D eigenvalue weighted by atomic mass is 9.82. The maximum atomic E-state index is 6.49. The van der Waals surface area contributed by atoms with Gasteiger partial charge in [0.25, 0.3) is 0 Å². The van der Waals surface area contributed by atoms with Crippen molar-refractivity contribution < 1.29 is 4.42 Å². The van der Waals surface area contributed by atoms with Crippen molar-refractivity contribution in [1.29, 1.82) is 0 Å². The third-order valence-corrected chi connectivity index (χ3v) is 10.8. The molecule has 0 amide bonds. The normalized spacial score (nSPS) is 13.4. The average molecular weight is 660 g/mol. The summed E-state index contributed by atoms with van der Waals surface area (Å²) in [5, 5.41) is 2.37. The summed E-state index contributed by atoms with van der Waals surface area (Å²) in [5.74, 6) is 0. The SMILES string of the molecule is CC(C)(C)c1ccc2oc3cc4c(cc3c2c1)-c1ccc(N(c2ccc(-c3ccccc3)cc2)c2ccc(-c3ccccc3)cc2)cc1C4(C)C. The van der Waals surface area contributed by atoms with E-state index in [0.717, 1.165) is 28.2 Å². The Morgan fingerprint density at radius 3 is 1.53 bits per heavy atom. The maximum absolute atomic E-state index is 6.49. The molecule has 0 unspecified atom stereocenters. The molecule has 0 saturated carbocycles. The zero-order chi connectivity index (χ0) is 34.9. The van der Waals surface area contributed by atoms with Crippen molar-refractivity contribution in [3.63, 3.8) is 0 Å². The lowest BCUT2D eigenvalue weighted by molar-refractivity contribution is 0.590. The Hall–Kier alpha value is -5.86. The summed E-state index contributed by atoms with van der Waals surface area (Å²) >= 11 is 0. The van der Waals surface area contributed by atoms with E-state index in [0.29, 0.717) is 0 Å². The first-order valence-electron chi connectivity index (χ1n) is 17.9. The standard InChI is InChI=1S/C49H41NO/c1-48(2,3)36-20-27-46-42(28-36)43-30-41-40-26-25-39(29-44(40)49(4,5)45(41)31-47(43)51-46)50(37-21-16-34(17-22-37)32-12-8-6-9-13-32)38-23-18-35(19-24-38)33-14-10-7-11-15-33/h6-31H,1-5H3. The summed E-state index contributed by atoms with van der Waals surface area (Å²) in [6, 6.07) is 57.4. The second kappa shape index (κ2) is 11.6. The number of furan rings is 1. The first-order chi connectivity index (χ1) is 24.6. The fraction of sp³-hybridized carbons (Fsp3) is 0.143. The predicted octanol–water partition coefficient (Wildman–Crippen LogP) is 14.0. The van der Waals surface area contributed by atoms with Crippen LogP contribution in [0.2, 0.25) is 0 Å². The molecule has 0 atom stereocenters. The summed E-state index contributed by atoms with van der Waals surface area (Å²) in [4.78, 5) is 2.39. The second-order valence-corrected chi connectivity index (χ2v) is 15.5. The molecule has 1 aromatic heterocycles. The van der Waals surface area contributed by atoms with Gasteiger partial charge in [0.2, 0.25) is 0 Å². The van der Waals surface area contributed by atoms with Gasteiger partial charge in [-0.05, 0) is 116 Å². The van der Waals surface area contributed by atoms with Crippen LogP contribution in [0.15, 0.2) is 162 Å². The van der Waals surface area contributed by atoms with E-state index in [2.05, 4.69) is 197 Å². The molecule has 1 aliphatic rings. The fourth-order valence-corrected chi connectivity index (χ4v) is 7.91. The van der Waals surface area contributed by atoms with E-state index in [-0.39, 0.29) is 10.8 Å². The summed E-state index contributed by atoms with van der Waals surface area (Å²) in [6.07, 6.45) is 0. The molecule has 7 aromatic carbocycles. The highest BCUT2D eigenvalue weighted by Crippen LogP contribution is 2.52. The van der Waals surface area contributed by atoms with Crippen LogP contribution in [0.1, 0.15) is 51.3 Å². The second-order valence-electron chi connectivity index (χ2n) is 15.5. The van der Waals surface area contributed by atoms with Crippen LogP contribution in [-0.4, -0.2) is 0 Å². The number of hydrogen-bond acceptors (Lipinski definition) is 2. The average Bonchev–Trinajstić information content (AvgIpc) is 3.62. The van der Waals surface area contributed by atoms with E-state index in [4.69, 9.17) is 4.42 Å². The van der Waals surface area contributed by atoms with Crippen LogP contribution in [0, 0.1) is 0 Å². The van der Waals surface area contributed by atoms with E-state index < -0.39 is 0 Å². The van der Waals surface area contributed by atoms with Crippen LogP contribution in [0.5, 0.6) is 0 Å². The Morgan fingerprint density at radius 2 is 0.961 bits per heavy atom. The van der Waals surface area contributed by atoms with E-state index in [9.17, 15) is 0 Å². The Morgan fingerprint density at radius 1 is 0.451 bits per heavy atom. The van der Waals surface area contributed by atoms with E-state index in [1.807, 2.05) is 0 Å². The lowest BCUT2D eigenvalue weighted by Crippen LogP contribution is -2.16. The van der Waals surface area contributed by atoms with Gasteiger partial charge >= 0.3 is 0 Å². The van der Waals surface area contributed by atoms with Crippen molar-refractivity contribution in [1.82, 2.24) is 0 Å². The van der Waals surface area contributed by atoms with Crippen LogP contribution in [0.3, 0.4) is 0 Å². The first-order valence-corrected chi connectivity index (χ1v) is 17.9. The smallest absolute Gasteiger partial charge is 0.135 e. The van der Waals surface area contributed by atoms with Crippen molar-refractivity contribution in [3.05, 3.63) is 174 Å². The van der Waals surface area contributed by atoms with Gasteiger partial charge in [-0.2, -0.15) is 0 Å². The maximum Gasteiger partial charge on any atom is 0.135 e. The Balaban J connectivity index is 1.17. The highest BCUT2D eigenvalue weighted by molar-refractivity contribution is 6.08. The molecule has 0 saturated heterocycles. The summed E-state index contributed by atoms with van der Waals surface area (Å²) in [7, 11) is 0. The largest absolute Gasteiger partial charge is 0.456 e. The zero-order valence-corrected chi connectivity index (χ0v) is 29.9. The minimum Gasteiger partial charge on any atom is -0.456 e. The van der Waals surface area contributed by atoms with Crippen molar-refractivity contribution in [3.8, 4) is 33.4 Å². The molecule has 0 spiro atoms. The minimum absolute atomic E-state index is 0.0646. The van der Waals surface area contributed by atoms with Crippen LogP contribution in [-0.2, 0) is 10.8 Å². The quantitative estimate of drug-likeness (QED) is 0.183. The van der Waals surface area contributed by atoms with Gasteiger partial charge in [0.05, 0.1) is 0 Å². The number of nitrogens with zero attached hydrogens (tertiary/aromatic N) is 1. The van der Waals surface area contributed by atoms with Gasteiger partial charge in [0, 0.05) is 33.2 Å². The van der Waals surface area contributed by atoms with Gasteiger partial charge in [-0.15, -0.1) is 0 Å². The highest BCUT2D eigenvalue weighted by Gasteiger charge is 2.37. The molecular weight excluding hydrogens is 619 g/mol. The molecule has 0 fully saturated rings. The number of fused-ring (bicyclic) bond motifs is 6. The Kier molecular flexibility index (Phi) is 7.09. The van der Waals surface area contributed by atoms with E-state index >= 15 is 0 Å². The first kappa shape index (κ1) is 31.1. The van der Waals surface area contributed by atoms with Gasteiger partial charge in [-0.25, -0.2) is 0 Å². The molecule has 8 aromatic rings. The van der Waals surface area contributed by atoms with E-state index in [1.54, 1.807) is 0 Å². The molecule has 0 aliphatic heterocycles. The lowest BCUT2D eigenvalue weighted by Gasteiger charge is -2.28. The third kappa shape index (κ3) is 5.25. The van der Waals surface area contributed by atoms with Gasteiger partial charge in [0.15, 0.2) is 0 Å². The molecule has 1 heterocycles. The summed E-state index contributed by atoms with van der Waals surface area (Å²) in [5.41, 5.74) is 16.5.